The van der Waals surface area contributed by atoms with E-state index in [0.29, 0.717) is 5.92 Å². The van der Waals surface area contributed by atoms with Crippen LogP contribution >= 0.6 is 0 Å². The zero-order chi connectivity index (χ0) is 7.28. The van der Waals surface area contributed by atoms with E-state index >= 15 is 0 Å². The lowest BCUT2D eigenvalue weighted by Crippen LogP contribution is -2.15. The molecule has 54 valence electrons. The van der Waals surface area contributed by atoms with Gasteiger partial charge in [-0.1, -0.05) is 26.3 Å². The molecule has 0 fully saturated rings. The maximum Gasteiger partial charge on any atom is 0.0117 e. The van der Waals surface area contributed by atoms with Crippen LogP contribution in [-0.4, -0.2) is 0 Å². The van der Waals surface area contributed by atoms with Crippen LogP contribution < -0.4 is 11.3 Å². The minimum atomic E-state index is 0.603. The van der Waals surface area contributed by atoms with E-state index in [-0.39, 0.29) is 0 Å². The first kappa shape index (κ1) is 8.50. The number of hydrogen-bond acceptors (Lipinski definition) is 2. The summed E-state index contributed by atoms with van der Waals surface area (Å²) in [6.07, 6.45) is 2.94. The monoisotopic (exact) mass is 128 g/mol. The first-order valence-electron chi connectivity index (χ1n) is 3.37. The molecule has 0 rings (SSSR count). The van der Waals surface area contributed by atoms with Crippen LogP contribution in [-0.2, 0) is 0 Å². The molecule has 2 heteroatoms. The van der Waals surface area contributed by atoms with Gasteiger partial charge in [-0.05, 0) is 12.3 Å². The second-order valence-corrected chi connectivity index (χ2v) is 2.39. The van der Waals surface area contributed by atoms with Crippen LogP contribution in [0.5, 0.6) is 0 Å². The standard InChI is InChI=1S/C7H16N2/c1-4-7(5-9-8)6(2)3/h5-6,9H,4,8H2,1-3H3/b7-5+. The van der Waals surface area contributed by atoms with Gasteiger partial charge in [0.2, 0.25) is 0 Å². The molecule has 0 atom stereocenters. The molecular formula is C7H16N2. The number of rotatable bonds is 3. The van der Waals surface area contributed by atoms with Gasteiger partial charge >= 0.3 is 0 Å². The summed E-state index contributed by atoms with van der Waals surface area (Å²) >= 11 is 0. The van der Waals surface area contributed by atoms with Crippen molar-refractivity contribution in [1.82, 2.24) is 5.43 Å². The van der Waals surface area contributed by atoms with Gasteiger partial charge in [-0.15, -0.1) is 0 Å². The van der Waals surface area contributed by atoms with E-state index in [0.717, 1.165) is 6.42 Å². The van der Waals surface area contributed by atoms with Crippen LogP contribution in [0.15, 0.2) is 11.8 Å². The molecule has 0 unspecified atom stereocenters. The average molecular weight is 128 g/mol. The molecule has 0 aliphatic heterocycles. The molecule has 0 amide bonds. The maximum atomic E-state index is 5.12. The molecule has 0 bridgehead atoms. The molecule has 2 nitrogen and oxygen atoms in total. The lowest BCUT2D eigenvalue weighted by molar-refractivity contribution is 0.716. The minimum Gasteiger partial charge on any atom is -0.331 e. The number of allylic oxidation sites excluding steroid dienone is 1. The molecular weight excluding hydrogens is 112 g/mol. The molecule has 9 heavy (non-hydrogen) atoms. The molecule has 0 aromatic carbocycles. The molecule has 0 saturated heterocycles. The highest BCUT2D eigenvalue weighted by Gasteiger charge is 1.97. The van der Waals surface area contributed by atoms with E-state index in [1.165, 1.54) is 5.57 Å². The number of nitrogens with two attached hydrogens (primary N) is 1. The van der Waals surface area contributed by atoms with Gasteiger partial charge in [-0.2, -0.15) is 0 Å². The van der Waals surface area contributed by atoms with E-state index in [1.807, 2.05) is 6.20 Å². The fourth-order valence-electron chi connectivity index (χ4n) is 0.784. The second-order valence-electron chi connectivity index (χ2n) is 2.39. The molecule has 0 radical (unpaired) electrons. The largest absolute Gasteiger partial charge is 0.331 e. The van der Waals surface area contributed by atoms with Crippen LogP contribution in [0, 0.1) is 5.92 Å². The van der Waals surface area contributed by atoms with Crippen LogP contribution in [0.25, 0.3) is 0 Å². The zero-order valence-corrected chi connectivity index (χ0v) is 6.44. The summed E-state index contributed by atoms with van der Waals surface area (Å²) in [7, 11) is 0. The van der Waals surface area contributed by atoms with Crippen molar-refractivity contribution < 1.29 is 0 Å². The zero-order valence-electron chi connectivity index (χ0n) is 6.44. The van der Waals surface area contributed by atoms with E-state index in [9.17, 15) is 0 Å². The van der Waals surface area contributed by atoms with Crippen LogP contribution in [0.1, 0.15) is 27.2 Å². The summed E-state index contributed by atoms with van der Waals surface area (Å²) in [6.45, 7) is 6.45. The van der Waals surface area contributed by atoms with Crippen molar-refractivity contribution in [3.05, 3.63) is 11.8 Å². The molecule has 0 saturated carbocycles. The van der Waals surface area contributed by atoms with Gasteiger partial charge in [0.25, 0.3) is 0 Å². The maximum absolute atomic E-state index is 5.12. The van der Waals surface area contributed by atoms with Crippen molar-refractivity contribution in [1.29, 1.82) is 0 Å². The predicted octanol–water partition coefficient (Wildman–Crippen LogP) is 1.40. The molecule has 0 aliphatic rings. The molecule has 0 aromatic heterocycles. The van der Waals surface area contributed by atoms with Gasteiger partial charge in [0.05, 0.1) is 0 Å². The average Bonchev–Trinajstić information content (AvgIpc) is 1.82. The summed E-state index contributed by atoms with van der Waals surface area (Å²) in [4.78, 5) is 0. The summed E-state index contributed by atoms with van der Waals surface area (Å²) < 4.78 is 0. The Hall–Kier alpha value is -0.500. The normalized spacial score (nSPS) is 12.3. The van der Waals surface area contributed by atoms with Gasteiger partial charge in [0, 0.05) is 6.20 Å². The number of hydrazine groups is 1. The Bertz CT molecular complexity index is 95.1. The molecule has 3 N–H and O–H groups in total. The van der Waals surface area contributed by atoms with Crippen molar-refractivity contribution in [2.45, 2.75) is 27.2 Å². The summed E-state index contributed by atoms with van der Waals surface area (Å²) in [5.41, 5.74) is 3.90. The van der Waals surface area contributed by atoms with Crippen molar-refractivity contribution in [2.24, 2.45) is 11.8 Å². The van der Waals surface area contributed by atoms with E-state index in [2.05, 4.69) is 26.2 Å². The second kappa shape index (κ2) is 4.39. The van der Waals surface area contributed by atoms with E-state index < -0.39 is 0 Å². The first-order chi connectivity index (χ1) is 4.22. The topological polar surface area (TPSA) is 38.0 Å². The highest BCUT2D eigenvalue weighted by molar-refractivity contribution is 5.01. The smallest absolute Gasteiger partial charge is 0.0117 e. The summed E-state index contributed by atoms with van der Waals surface area (Å²) in [6, 6.07) is 0. The van der Waals surface area contributed by atoms with Gasteiger partial charge in [-0.3, -0.25) is 5.84 Å². The van der Waals surface area contributed by atoms with Gasteiger partial charge in [0.1, 0.15) is 0 Å². The van der Waals surface area contributed by atoms with E-state index in [4.69, 9.17) is 5.84 Å². The molecule has 0 heterocycles. The fraction of sp³-hybridized carbons (Fsp3) is 0.714. The third kappa shape index (κ3) is 3.14. The Balaban J connectivity index is 3.81. The van der Waals surface area contributed by atoms with Gasteiger partial charge < -0.3 is 5.43 Å². The van der Waals surface area contributed by atoms with Crippen molar-refractivity contribution in [3.8, 4) is 0 Å². The first-order valence-corrected chi connectivity index (χ1v) is 3.37. The Morgan fingerprint density at radius 3 is 2.33 bits per heavy atom. The Morgan fingerprint density at radius 1 is 1.67 bits per heavy atom. The van der Waals surface area contributed by atoms with Crippen molar-refractivity contribution in [3.63, 3.8) is 0 Å². The number of hydrogen-bond donors (Lipinski definition) is 2. The number of nitrogens with one attached hydrogen (secondary N) is 1. The van der Waals surface area contributed by atoms with Crippen LogP contribution in [0.4, 0.5) is 0 Å². The van der Waals surface area contributed by atoms with E-state index in [1.54, 1.807) is 0 Å². The highest BCUT2D eigenvalue weighted by Crippen LogP contribution is 2.10. The Morgan fingerprint density at radius 2 is 2.22 bits per heavy atom. The quantitative estimate of drug-likeness (QED) is 0.445. The predicted molar refractivity (Wildman–Crippen MR) is 40.5 cm³/mol. The van der Waals surface area contributed by atoms with Gasteiger partial charge in [-0.25, -0.2) is 0 Å². The Labute approximate surface area is 57.1 Å². The van der Waals surface area contributed by atoms with Crippen LogP contribution in [0.3, 0.4) is 0 Å². The Kier molecular flexibility index (Phi) is 4.14. The SMILES string of the molecule is CC/C(=C\NN)C(C)C. The lowest BCUT2D eigenvalue weighted by Gasteiger charge is -2.06. The molecule has 0 spiro atoms. The summed E-state index contributed by atoms with van der Waals surface area (Å²) in [5, 5.41) is 0. The molecule has 0 aliphatic carbocycles. The third-order valence-corrected chi connectivity index (χ3v) is 1.42. The summed E-state index contributed by atoms with van der Waals surface area (Å²) in [5.74, 6) is 5.72. The van der Waals surface area contributed by atoms with Crippen LogP contribution in [0.2, 0.25) is 0 Å². The van der Waals surface area contributed by atoms with Gasteiger partial charge in [0.15, 0.2) is 0 Å². The van der Waals surface area contributed by atoms with Crippen molar-refractivity contribution in [2.75, 3.05) is 0 Å². The fourth-order valence-corrected chi connectivity index (χ4v) is 0.784. The van der Waals surface area contributed by atoms with Crippen molar-refractivity contribution >= 4 is 0 Å². The lowest BCUT2D eigenvalue weighted by atomic mass is 10.0. The minimum absolute atomic E-state index is 0.603. The third-order valence-electron chi connectivity index (χ3n) is 1.42. The molecule has 0 aromatic rings. The highest BCUT2D eigenvalue weighted by atomic mass is 15.2.